The third-order valence-electron chi connectivity index (χ3n) is 2.70. The summed E-state index contributed by atoms with van der Waals surface area (Å²) in [7, 11) is 0. The molecule has 120 valence electrons. The molecule has 0 atom stereocenters. The van der Waals surface area contributed by atoms with E-state index in [1.807, 2.05) is 17.5 Å². The first kappa shape index (κ1) is 15.7. The molecule has 3 heterocycles. The van der Waals surface area contributed by atoms with Gasteiger partial charge in [0, 0.05) is 17.3 Å². The SMILES string of the molecule is Nn1c(SCc2csc(-c3ccccn3)n2)nnc1C(F)(F)F. The van der Waals surface area contributed by atoms with E-state index in [4.69, 9.17) is 5.84 Å². The molecule has 0 aliphatic heterocycles. The van der Waals surface area contributed by atoms with Crippen LogP contribution in [-0.4, -0.2) is 24.8 Å². The van der Waals surface area contributed by atoms with Crippen molar-refractivity contribution >= 4 is 23.1 Å². The summed E-state index contributed by atoms with van der Waals surface area (Å²) >= 11 is 2.44. The number of hydrogen-bond acceptors (Lipinski definition) is 7. The second-order valence-electron chi connectivity index (χ2n) is 4.32. The average molecular weight is 358 g/mol. The molecule has 23 heavy (non-hydrogen) atoms. The van der Waals surface area contributed by atoms with Crippen molar-refractivity contribution in [2.24, 2.45) is 0 Å². The van der Waals surface area contributed by atoms with Gasteiger partial charge < -0.3 is 5.84 Å². The van der Waals surface area contributed by atoms with Gasteiger partial charge in [0.25, 0.3) is 5.82 Å². The van der Waals surface area contributed by atoms with Gasteiger partial charge in [-0.3, -0.25) is 4.98 Å². The van der Waals surface area contributed by atoms with E-state index in [2.05, 4.69) is 20.2 Å². The minimum atomic E-state index is -4.63. The fraction of sp³-hybridized carbons (Fsp3) is 0.167. The van der Waals surface area contributed by atoms with E-state index in [0.717, 1.165) is 22.5 Å². The molecule has 11 heteroatoms. The Balaban J connectivity index is 1.70. The van der Waals surface area contributed by atoms with Gasteiger partial charge in [-0.05, 0) is 12.1 Å². The van der Waals surface area contributed by atoms with E-state index in [1.165, 1.54) is 11.3 Å². The molecule has 0 saturated heterocycles. The largest absolute Gasteiger partial charge is 0.453 e. The van der Waals surface area contributed by atoms with Crippen LogP contribution in [0, 0.1) is 0 Å². The first-order valence-corrected chi connectivity index (χ1v) is 8.08. The van der Waals surface area contributed by atoms with Crippen molar-refractivity contribution in [3.8, 4) is 10.7 Å². The first-order chi connectivity index (χ1) is 10.9. The van der Waals surface area contributed by atoms with Crippen LogP contribution in [0.3, 0.4) is 0 Å². The first-order valence-electron chi connectivity index (χ1n) is 6.21. The number of nitrogen functional groups attached to an aromatic ring is 1. The van der Waals surface area contributed by atoms with Crippen LogP contribution in [0.4, 0.5) is 13.2 Å². The molecular formula is C12H9F3N6S2. The number of nitrogens with zero attached hydrogens (tertiary/aromatic N) is 5. The molecule has 0 aliphatic carbocycles. The molecule has 0 fully saturated rings. The highest BCUT2D eigenvalue weighted by molar-refractivity contribution is 7.98. The summed E-state index contributed by atoms with van der Waals surface area (Å²) in [6.07, 6.45) is -2.96. The van der Waals surface area contributed by atoms with Gasteiger partial charge in [-0.2, -0.15) is 13.2 Å². The molecule has 0 spiro atoms. The van der Waals surface area contributed by atoms with Gasteiger partial charge in [0.2, 0.25) is 5.16 Å². The Morgan fingerprint density at radius 3 is 2.74 bits per heavy atom. The van der Waals surface area contributed by atoms with Gasteiger partial charge in [-0.1, -0.05) is 17.8 Å². The van der Waals surface area contributed by atoms with E-state index < -0.39 is 12.0 Å². The van der Waals surface area contributed by atoms with Crippen LogP contribution in [-0.2, 0) is 11.9 Å². The summed E-state index contributed by atoms with van der Waals surface area (Å²) in [5.74, 6) is 4.47. The van der Waals surface area contributed by atoms with Gasteiger partial charge in [-0.15, -0.1) is 21.5 Å². The van der Waals surface area contributed by atoms with E-state index in [0.29, 0.717) is 16.1 Å². The predicted molar refractivity (Wildman–Crippen MR) is 80.1 cm³/mol. The van der Waals surface area contributed by atoms with Gasteiger partial charge in [0.1, 0.15) is 5.01 Å². The van der Waals surface area contributed by atoms with Crippen molar-refractivity contribution in [3.05, 3.63) is 41.3 Å². The summed E-state index contributed by atoms with van der Waals surface area (Å²) in [6, 6.07) is 5.50. The highest BCUT2D eigenvalue weighted by Crippen LogP contribution is 2.30. The third kappa shape index (κ3) is 3.45. The van der Waals surface area contributed by atoms with Crippen molar-refractivity contribution in [1.29, 1.82) is 0 Å². The van der Waals surface area contributed by atoms with Gasteiger partial charge in [-0.25, -0.2) is 9.66 Å². The third-order valence-corrected chi connectivity index (χ3v) is 4.59. The lowest BCUT2D eigenvalue weighted by molar-refractivity contribution is -0.146. The van der Waals surface area contributed by atoms with Crippen LogP contribution in [0.1, 0.15) is 11.5 Å². The maximum absolute atomic E-state index is 12.6. The fourth-order valence-electron chi connectivity index (χ4n) is 1.69. The van der Waals surface area contributed by atoms with Gasteiger partial charge >= 0.3 is 6.18 Å². The molecule has 0 saturated carbocycles. The molecule has 2 N–H and O–H groups in total. The Bertz CT molecular complexity index is 799. The van der Waals surface area contributed by atoms with Gasteiger partial charge in [0.05, 0.1) is 11.4 Å². The van der Waals surface area contributed by atoms with Crippen molar-refractivity contribution in [2.45, 2.75) is 17.1 Å². The zero-order chi connectivity index (χ0) is 16.4. The summed E-state index contributed by atoms with van der Waals surface area (Å²) in [5, 5.41) is 9.06. The molecule has 0 aromatic carbocycles. The molecule has 0 bridgehead atoms. The second kappa shape index (κ2) is 6.16. The number of nitrogens with two attached hydrogens (primary N) is 1. The Labute approximate surface area is 136 Å². The number of halogens is 3. The highest BCUT2D eigenvalue weighted by atomic mass is 32.2. The van der Waals surface area contributed by atoms with Crippen LogP contribution in [0.2, 0.25) is 0 Å². The lowest BCUT2D eigenvalue weighted by Gasteiger charge is -2.05. The highest BCUT2D eigenvalue weighted by Gasteiger charge is 2.38. The van der Waals surface area contributed by atoms with E-state index in [1.54, 1.807) is 12.3 Å². The number of rotatable bonds is 4. The number of thioether (sulfide) groups is 1. The second-order valence-corrected chi connectivity index (χ2v) is 6.12. The van der Waals surface area contributed by atoms with E-state index >= 15 is 0 Å². The molecule has 3 rings (SSSR count). The Morgan fingerprint density at radius 2 is 2.09 bits per heavy atom. The number of pyridine rings is 1. The Kier molecular flexibility index (Phi) is 4.22. The van der Waals surface area contributed by atoms with E-state index in [9.17, 15) is 13.2 Å². The smallest absolute Gasteiger partial charge is 0.335 e. The summed E-state index contributed by atoms with van der Waals surface area (Å²) in [6.45, 7) is 0. The monoisotopic (exact) mass is 358 g/mol. The quantitative estimate of drug-likeness (QED) is 0.570. The Hall–Kier alpha value is -2.14. The van der Waals surface area contributed by atoms with Crippen LogP contribution >= 0.6 is 23.1 Å². The number of aromatic nitrogens is 5. The minimum absolute atomic E-state index is 0.0234. The minimum Gasteiger partial charge on any atom is -0.335 e. The molecule has 0 radical (unpaired) electrons. The lowest BCUT2D eigenvalue weighted by Crippen LogP contribution is -2.21. The zero-order valence-electron chi connectivity index (χ0n) is 11.4. The van der Waals surface area contributed by atoms with Crippen molar-refractivity contribution < 1.29 is 13.2 Å². The number of hydrogen-bond donors (Lipinski definition) is 1. The van der Waals surface area contributed by atoms with Crippen LogP contribution in [0.15, 0.2) is 34.9 Å². The molecule has 3 aromatic heterocycles. The fourth-order valence-corrected chi connectivity index (χ4v) is 3.34. The molecule has 0 amide bonds. The maximum atomic E-state index is 12.6. The standard InChI is InChI=1S/C12H9F3N6S2/c13-12(14,15)10-19-20-11(21(10)16)23-6-7-5-22-9(18-7)8-3-1-2-4-17-8/h1-5H,6,16H2. The Morgan fingerprint density at radius 1 is 1.26 bits per heavy atom. The van der Waals surface area contributed by atoms with Crippen molar-refractivity contribution in [3.63, 3.8) is 0 Å². The molecular weight excluding hydrogens is 349 g/mol. The van der Waals surface area contributed by atoms with E-state index in [-0.39, 0.29) is 5.16 Å². The predicted octanol–water partition coefficient (Wildman–Crippen LogP) is 2.82. The topological polar surface area (TPSA) is 82.5 Å². The van der Waals surface area contributed by atoms with Crippen molar-refractivity contribution in [2.75, 3.05) is 5.84 Å². The summed E-state index contributed by atoms with van der Waals surface area (Å²) in [4.78, 5) is 8.59. The molecule has 0 aliphatic rings. The van der Waals surface area contributed by atoms with Gasteiger partial charge in [0.15, 0.2) is 0 Å². The van der Waals surface area contributed by atoms with Crippen LogP contribution < -0.4 is 5.84 Å². The zero-order valence-corrected chi connectivity index (χ0v) is 13.0. The normalized spacial score (nSPS) is 11.8. The molecule has 0 unspecified atom stereocenters. The number of thiazole rings is 1. The van der Waals surface area contributed by atoms with Crippen LogP contribution in [0.5, 0.6) is 0 Å². The van der Waals surface area contributed by atoms with Crippen LogP contribution in [0.25, 0.3) is 10.7 Å². The average Bonchev–Trinajstić information content (AvgIpc) is 3.12. The summed E-state index contributed by atoms with van der Waals surface area (Å²) < 4.78 is 38.2. The molecule has 3 aromatic rings. The van der Waals surface area contributed by atoms with Crippen molar-refractivity contribution in [1.82, 2.24) is 24.8 Å². The maximum Gasteiger partial charge on any atom is 0.453 e. The molecule has 6 nitrogen and oxygen atoms in total. The summed E-state index contributed by atoms with van der Waals surface area (Å²) in [5.41, 5.74) is 1.45. The number of alkyl halides is 3. The lowest BCUT2D eigenvalue weighted by atomic mass is 10.4.